The van der Waals surface area contributed by atoms with E-state index >= 15 is 0 Å². The Bertz CT molecular complexity index is 664. The summed E-state index contributed by atoms with van der Waals surface area (Å²) in [4.78, 5) is 21.8. The summed E-state index contributed by atoms with van der Waals surface area (Å²) in [5.41, 5.74) is 7.14. The summed E-state index contributed by atoms with van der Waals surface area (Å²) in [6.07, 6.45) is 2.63. The summed E-state index contributed by atoms with van der Waals surface area (Å²) >= 11 is 0. The van der Waals surface area contributed by atoms with Crippen molar-refractivity contribution in [2.45, 2.75) is 19.4 Å². The predicted octanol–water partition coefficient (Wildman–Crippen LogP) is 2.45. The maximum absolute atomic E-state index is 12.8. The van der Waals surface area contributed by atoms with E-state index in [1.165, 1.54) is 0 Å². The second-order valence-corrected chi connectivity index (χ2v) is 6.12. The largest absolute Gasteiger partial charge is 0.399 e. The van der Waals surface area contributed by atoms with Crippen LogP contribution in [0.15, 0.2) is 48.7 Å². The summed E-state index contributed by atoms with van der Waals surface area (Å²) in [5, 5.41) is 0. The first kappa shape index (κ1) is 16.5. The van der Waals surface area contributed by atoms with Crippen molar-refractivity contribution in [1.82, 2.24) is 9.88 Å². The molecule has 2 N–H and O–H groups in total. The Hall–Kier alpha value is -2.40. The minimum Gasteiger partial charge on any atom is -0.399 e. The van der Waals surface area contributed by atoms with E-state index in [-0.39, 0.29) is 11.8 Å². The molecular formula is C19H24N4O. The molecule has 126 valence electrons. The first-order valence-electron chi connectivity index (χ1n) is 8.49. The van der Waals surface area contributed by atoms with Crippen LogP contribution in [0.1, 0.15) is 23.7 Å². The van der Waals surface area contributed by atoms with Crippen molar-refractivity contribution in [2.24, 2.45) is 0 Å². The fourth-order valence-electron chi connectivity index (χ4n) is 3.25. The molecule has 24 heavy (non-hydrogen) atoms. The number of hydrogen-bond donors (Lipinski definition) is 1. The van der Waals surface area contributed by atoms with E-state index in [0.29, 0.717) is 5.69 Å². The van der Waals surface area contributed by atoms with Crippen LogP contribution in [0.5, 0.6) is 0 Å². The molecule has 1 aliphatic heterocycles. The molecule has 0 radical (unpaired) electrons. The Morgan fingerprint density at radius 3 is 2.42 bits per heavy atom. The molecule has 0 amide bonds. The Kier molecular flexibility index (Phi) is 5.11. The van der Waals surface area contributed by atoms with Crippen molar-refractivity contribution in [1.29, 1.82) is 0 Å². The molecule has 1 aliphatic rings. The fourth-order valence-corrected chi connectivity index (χ4v) is 3.25. The number of hydrogen-bond acceptors (Lipinski definition) is 5. The molecule has 0 aliphatic carbocycles. The van der Waals surface area contributed by atoms with Gasteiger partial charge in [0.25, 0.3) is 0 Å². The van der Waals surface area contributed by atoms with E-state index in [2.05, 4.69) is 21.7 Å². The fraction of sp³-hybridized carbons (Fsp3) is 0.368. The van der Waals surface area contributed by atoms with Crippen molar-refractivity contribution in [3.63, 3.8) is 0 Å². The number of pyridine rings is 1. The number of nitrogen functional groups attached to an aromatic ring is 1. The third-order valence-electron chi connectivity index (χ3n) is 4.61. The Morgan fingerprint density at radius 1 is 1.12 bits per heavy atom. The summed E-state index contributed by atoms with van der Waals surface area (Å²) in [6, 6.07) is 13.1. The molecule has 5 nitrogen and oxygen atoms in total. The van der Waals surface area contributed by atoms with Gasteiger partial charge in [0.05, 0.1) is 6.04 Å². The maximum Gasteiger partial charge on any atom is 0.179 e. The SMILES string of the molecule is CCC(C(=O)c1ccc(N)cc1)N1CCN(c2ccccn2)CC1. The molecule has 0 spiro atoms. The van der Waals surface area contributed by atoms with E-state index in [4.69, 9.17) is 5.73 Å². The first-order chi connectivity index (χ1) is 11.7. The topological polar surface area (TPSA) is 62.5 Å². The van der Waals surface area contributed by atoms with Crippen molar-refractivity contribution in [3.8, 4) is 0 Å². The van der Waals surface area contributed by atoms with Gasteiger partial charge in [0.15, 0.2) is 5.78 Å². The second-order valence-electron chi connectivity index (χ2n) is 6.12. The molecule has 2 heterocycles. The third kappa shape index (κ3) is 3.57. The van der Waals surface area contributed by atoms with Gasteiger partial charge in [0.1, 0.15) is 5.82 Å². The zero-order valence-corrected chi connectivity index (χ0v) is 14.1. The van der Waals surface area contributed by atoms with Crippen LogP contribution < -0.4 is 10.6 Å². The third-order valence-corrected chi connectivity index (χ3v) is 4.61. The highest BCUT2D eigenvalue weighted by Crippen LogP contribution is 2.18. The van der Waals surface area contributed by atoms with Gasteiger partial charge in [-0.2, -0.15) is 0 Å². The van der Waals surface area contributed by atoms with Crippen LogP contribution in [0.4, 0.5) is 11.5 Å². The number of Topliss-reactive ketones (excluding diaryl/α,β-unsaturated/α-hetero) is 1. The normalized spacial score (nSPS) is 16.8. The van der Waals surface area contributed by atoms with Gasteiger partial charge in [-0.15, -0.1) is 0 Å². The molecule has 0 bridgehead atoms. The molecule has 1 fully saturated rings. The van der Waals surface area contributed by atoms with Gasteiger partial charge in [0.2, 0.25) is 0 Å². The van der Waals surface area contributed by atoms with E-state index in [1.54, 1.807) is 12.1 Å². The number of anilines is 2. The highest BCUT2D eigenvalue weighted by Gasteiger charge is 2.28. The Morgan fingerprint density at radius 2 is 1.83 bits per heavy atom. The van der Waals surface area contributed by atoms with E-state index in [1.807, 2.05) is 36.5 Å². The zero-order valence-electron chi connectivity index (χ0n) is 14.1. The zero-order chi connectivity index (χ0) is 16.9. The molecular weight excluding hydrogens is 300 g/mol. The van der Waals surface area contributed by atoms with Crippen molar-refractivity contribution < 1.29 is 4.79 Å². The molecule has 3 rings (SSSR count). The van der Waals surface area contributed by atoms with Crippen LogP contribution in [0.25, 0.3) is 0 Å². The highest BCUT2D eigenvalue weighted by atomic mass is 16.1. The molecule has 1 aromatic heterocycles. The number of aromatic nitrogens is 1. The molecule has 0 saturated carbocycles. The lowest BCUT2D eigenvalue weighted by Crippen LogP contribution is -2.52. The van der Waals surface area contributed by atoms with Gasteiger partial charge in [0, 0.05) is 43.6 Å². The molecule has 2 aromatic rings. The first-order valence-corrected chi connectivity index (χ1v) is 8.49. The van der Waals surface area contributed by atoms with Gasteiger partial charge in [-0.05, 0) is 42.8 Å². The number of nitrogens with two attached hydrogens (primary N) is 1. The number of benzene rings is 1. The van der Waals surface area contributed by atoms with E-state index < -0.39 is 0 Å². The minimum absolute atomic E-state index is 0.0699. The van der Waals surface area contributed by atoms with Gasteiger partial charge in [-0.25, -0.2) is 4.98 Å². The number of ketones is 1. The highest BCUT2D eigenvalue weighted by molar-refractivity contribution is 6.00. The smallest absolute Gasteiger partial charge is 0.179 e. The van der Waals surface area contributed by atoms with Crippen LogP contribution in [0, 0.1) is 0 Å². The molecule has 1 aromatic carbocycles. The summed E-state index contributed by atoms with van der Waals surface area (Å²) in [5.74, 6) is 1.19. The maximum atomic E-state index is 12.8. The van der Waals surface area contributed by atoms with Gasteiger partial charge in [-0.1, -0.05) is 13.0 Å². The molecule has 5 heteroatoms. The number of nitrogens with zero attached hydrogens (tertiary/aromatic N) is 3. The summed E-state index contributed by atoms with van der Waals surface area (Å²) < 4.78 is 0. The van der Waals surface area contributed by atoms with Crippen LogP contribution in [-0.4, -0.2) is 47.9 Å². The summed E-state index contributed by atoms with van der Waals surface area (Å²) in [6.45, 7) is 5.60. The summed E-state index contributed by atoms with van der Waals surface area (Å²) in [7, 11) is 0. The standard InChI is InChI=1S/C19H24N4O/c1-2-17(19(24)15-6-8-16(20)9-7-15)22-11-13-23(14-12-22)18-5-3-4-10-21-18/h3-10,17H,2,11-14,20H2,1H3. The molecule has 1 unspecified atom stereocenters. The van der Waals surface area contributed by atoms with Gasteiger partial charge < -0.3 is 10.6 Å². The second kappa shape index (κ2) is 7.45. The van der Waals surface area contributed by atoms with Gasteiger partial charge >= 0.3 is 0 Å². The minimum atomic E-state index is -0.0699. The number of carbonyl (C=O) groups is 1. The van der Waals surface area contributed by atoms with Gasteiger partial charge in [-0.3, -0.25) is 9.69 Å². The average molecular weight is 324 g/mol. The number of carbonyl (C=O) groups excluding carboxylic acids is 1. The lowest BCUT2D eigenvalue weighted by molar-refractivity contribution is 0.0801. The average Bonchev–Trinajstić information content (AvgIpc) is 2.64. The lowest BCUT2D eigenvalue weighted by Gasteiger charge is -2.39. The van der Waals surface area contributed by atoms with E-state index in [9.17, 15) is 4.79 Å². The predicted molar refractivity (Wildman–Crippen MR) is 97.3 cm³/mol. The molecule has 1 saturated heterocycles. The number of rotatable bonds is 5. The van der Waals surface area contributed by atoms with Crippen LogP contribution in [0.3, 0.4) is 0 Å². The Balaban J connectivity index is 1.65. The van der Waals surface area contributed by atoms with Crippen molar-refractivity contribution in [3.05, 3.63) is 54.2 Å². The number of piperazine rings is 1. The lowest BCUT2D eigenvalue weighted by atomic mass is 9.99. The quantitative estimate of drug-likeness (QED) is 0.676. The molecule has 1 atom stereocenters. The van der Waals surface area contributed by atoms with Crippen LogP contribution in [0.2, 0.25) is 0 Å². The monoisotopic (exact) mass is 324 g/mol. The van der Waals surface area contributed by atoms with Crippen LogP contribution in [-0.2, 0) is 0 Å². The van der Waals surface area contributed by atoms with Crippen molar-refractivity contribution >= 4 is 17.3 Å². The van der Waals surface area contributed by atoms with E-state index in [0.717, 1.165) is 44.0 Å². The van der Waals surface area contributed by atoms with Crippen molar-refractivity contribution in [2.75, 3.05) is 36.8 Å². The Labute approximate surface area is 143 Å². The van der Waals surface area contributed by atoms with Crippen LogP contribution >= 0.6 is 0 Å².